The number of fused-ring (bicyclic) bond motifs is 1. The van der Waals surface area contributed by atoms with E-state index >= 15 is 0 Å². The molecule has 1 aliphatic rings. The van der Waals surface area contributed by atoms with Gasteiger partial charge in [-0.25, -0.2) is 0 Å². The number of hydrogen-bond acceptors (Lipinski definition) is 4. The Kier molecular flexibility index (Phi) is 9.07. The standard InChI is InChI=1S/C30H33ClN2O4/c1-21(2)18-32-30(35)26(16-22-7-4-3-5-8-22)33(19-24-9-6-10-25(31)15-24)29(34)14-12-23-11-13-27-28(17-23)37-20-36-27/h3-11,13,15,17,21,26H,12,14,16,18-20H2,1-2H3,(H,32,35)/t26-/m0/s1. The molecule has 37 heavy (non-hydrogen) atoms. The molecule has 0 radical (unpaired) electrons. The van der Waals surface area contributed by atoms with Gasteiger partial charge in [-0.15, -0.1) is 0 Å². The van der Waals surface area contributed by atoms with E-state index in [1.165, 1.54) is 0 Å². The van der Waals surface area contributed by atoms with E-state index in [-0.39, 0.29) is 31.6 Å². The third-order valence-electron chi connectivity index (χ3n) is 6.26. The fourth-order valence-corrected chi connectivity index (χ4v) is 4.51. The Morgan fingerprint density at radius 1 is 0.919 bits per heavy atom. The molecule has 3 aromatic rings. The molecule has 0 unspecified atom stereocenters. The molecule has 0 bridgehead atoms. The molecule has 0 spiro atoms. The molecule has 1 N–H and O–H groups in total. The van der Waals surface area contributed by atoms with Crippen LogP contribution in [0, 0.1) is 5.92 Å². The second kappa shape index (κ2) is 12.6. The number of nitrogens with one attached hydrogen (secondary N) is 1. The quantitative estimate of drug-likeness (QED) is 0.367. The molecule has 0 aliphatic carbocycles. The van der Waals surface area contributed by atoms with E-state index in [0.717, 1.165) is 16.7 Å². The summed E-state index contributed by atoms with van der Waals surface area (Å²) in [5.41, 5.74) is 2.84. The molecule has 3 aromatic carbocycles. The van der Waals surface area contributed by atoms with Crippen molar-refractivity contribution in [3.63, 3.8) is 0 Å². The Labute approximate surface area is 223 Å². The minimum atomic E-state index is -0.663. The summed E-state index contributed by atoms with van der Waals surface area (Å²) in [6.45, 7) is 5.13. The van der Waals surface area contributed by atoms with Crippen molar-refractivity contribution in [2.75, 3.05) is 13.3 Å². The SMILES string of the molecule is CC(C)CNC(=O)[C@H](Cc1ccccc1)N(Cc1cccc(Cl)c1)C(=O)CCc1ccc2c(c1)OCO2. The highest BCUT2D eigenvalue weighted by Crippen LogP contribution is 2.33. The summed E-state index contributed by atoms with van der Waals surface area (Å²) >= 11 is 6.25. The Morgan fingerprint density at radius 2 is 1.68 bits per heavy atom. The number of hydrogen-bond donors (Lipinski definition) is 1. The zero-order valence-corrected chi connectivity index (χ0v) is 22.0. The molecule has 6 nitrogen and oxygen atoms in total. The predicted molar refractivity (Wildman–Crippen MR) is 145 cm³/mol. The fourth-order valence-electron chi connectivity index (χ4n) is 4.30. The van der Waals surface area contributed by atoms with Gasteiger partial charge in [0.15, 0.2) is 11.5 Å². The fraction of sp³-hybridized carbons (Fsp3) is 0.333. The van der Waals surface area contributed by atoms with E-state index in [9.17, 15) is 9.59 Å². The number of carbonyl (C=O) groups excluding carboxylic acids is 2. The maximum absolute atomic E-state index is 13.8. The van der Waals surface area contributed by atoms with Crippen molar-refractivity contribution in [3.05, 3.63) is 94.5 Å². The van der Waals surface area contributed by atoms with Crippen molar-refractivity contribution >= 4 is 23.4 Å². The number of ether oxygens (including phenoxy) is 2. The molecule has 2 amide bonds. The van der Waals surface area contributed by atoms with Crippen molar-refractivity contribution < 1.29 is 19.1 Å². The molecule has 1 aliphatic heterocycles. The van der Waals surface area contributed by atoms with Crippen LogP contribution in [0.5, 0.6) is 11.5 Å². The molecule has 0 saturated carbocycles. The molecule has 1 heterocycles. The van der Waals surface area contributed by atoms with Crippen LogP contribution in [0.4, 0.5) is 0 Å². The zero-order valence-electron chi connectivity index (χ0n) is 21.3. The second-order valence-corrected chi connectivity index (χ2v) is 10.1. The lowest BCUT2D eigenvalue weighted by atomic mass is 10.0. The summed E-state index contributed by atoms with van der Waals surface area (Å²) in [7, 11) is 0. The van der Waals surface area contributed by atoms with E-state index in [0.29, 0.717) is 41.8 Å². The lowest BCUT2D eigenvalue weighted by Crippen LogP contribution is -2.51. The Balaban J connectivity index is 1.59. The van der Waals surface area contributed by atoms with Gasteiger partial charge in [0.25, 0.3) is 0 Å². The molecular weight excluding hydrogens is 488 g/mol. The number of aryl methyl sites for hydroxylation is 1. The monoisotopic (exact) mass is 520 g/mol. The molecule has 7 heteroatoms. The van der Waals surface area contributed by atoms with Crippen LogP contribution >= 0.6 is 11.6 Å². The number of benzene rings is 3. The van der Waals surface area contributed by atoms with E-state index in [1.807, 2.05) is 80.6 Å². The number of carbonyl (C=O) groups is 2. The van der Waals surface area contributed by atoms with E-state index in [2.05, 4.69) is 5.32 Å². The number of rotatable bonds is 11. The number of nitrogens with zero attached hydrogens (tertiary/aromatic N) is 1. The average molecular weight is 521 g/mol. The van der Waals surface area contributed by atoms with Gasteiger partial charge in [-0.1, -0.05) is 74.0 Å². The molecule has 0 fully saturated rings. The smallest absolute Gasteiger partial charge is 0.243 e. The second-order valence-electron chi connectivity index (χ2n) is 9.68. The normalized spacial score (nSPS) is 12.9. The van der Waals surface area contributed by atoms with Crippen LogP contribution < -0.4 is 14.8 Å². The van der Waals surface area contributed by atoms with E-state index in [1.54, 1.807) is 11.0 Å². The van der Waals surface area contributed by atoms with Crippen LogP contribution in [-0.4, -0.2) is 36.1 Å². The van der Waals surface area contributed by atoms with Gasteiger partial charge in [0.2, 0.25) is 18.6 Å². The topological polar surface area (TPSA) is 67.9 Å². The first-order valence-electron chi connectivity index (χ1n) is 12.6. The van der Waals surface area contributed by atoms with Crippen molar-refractivity contribution in [2.24, 2.45) is 5.92 Å². The van der Waals surface area contributed by atoms with Crippen LogP contribution in [0.15, 0.2) is 72.8 Å². The molecule has 0 saturated heterocycles. The van der Waals surface area contributed by atoms with E-state index in [4.69, 9.17) is 21.1 Å². The van der Waals surface area contributed by atoms with Crippen LogP contribution in [0.2, 0.25) is 5.02 Å². The van der Waals surface area contributed by atoms with Gasteiger partial charge in [0, 0.05) is 31.0 Å². The minimum Gasteiger partial charge on any atom is -0.454 e. The first kappa shape index (κ1) is 26.6. The van der Waals surface area contributed by atoms with Gasteiger partial charge in [-0.2, -0.15) is 0 Å². The van der Waals surface area contributed by atoms with Gasteiger partial charge >= 0.3 is 0 Å². The first-order chi connectivity index (χ1) is 17.9. The Bertz CT molecular complexity index is 1220. The first-order valence-corrected chi connectivity index (χ1v) is 13.0. The molecule has 194 valence electrons. The highest BCUT2D eigenvalue weighted by atomic mass is 35.5. The molecule has 0 aromatic heterocycles. The molecular formula is C30H33ClN2O4. The summed E-state index contributed by atoms with van der Waals surface area (Å²) in [5, 5.41) is 3.64. The average Bonchev–Trinajstić information content (AvgIpc) is 3.36. The third kappa shape index (κ3) is 7.49. The third-order valence-corrected chi connectivity index (χ3v) is 6.50. The Hall–Kier alpha value is -3.51. The molecule has 4 rings (SSSR count). The summed E-state index contributed by atoms with van der Waals surface area (Å²) in [6.07, 6.45) is 1.19. The van der Waals surface area contributed by atoms with Gasteiger partial charge in [-0.05, 0) is 53.3 Å². The van der Waals surface area contributed by atoms with Gasteiger partial charge in [0.1, 0.15) is 6.04 Å². The minimum absolute atomic E-state index is 0.0988. The number of amides is 2. The predicted octanol–water partition coefficient (Wildman–Crippen LogP) is 5.41. The summed E-state index contributed by atoms with van der Waals surface area (Å²) in [4.78, 5) is 29.0. The molecule has 1 atom stereocenters. The van der Waals surface area contributed by atoms with Crippen molar-refractivity contribution in [1.82, 2.24) is 10.2 Å². The van der Waals surface area contributed by atoms with Gasteiger partial charge in [0.05, 0.1) is 0 Å². The highest BCUT2D eigenvalue weighted by Gasteiger charge is 2.30. The van der Waals surface area contributed by atoms with Crippen LogP contribution in [0.3, 0.4) is 0 Å². The van der Waals surface area contributed by atoms with Crippen molar-refractivity contribution in [1.29, 1.82) is 0 Å². The van der Waals surface area contributed by atoms with E-state index < -0.39 is 6.04 Å². The highest BCUT2D eigenvalue weighted by molar-refractivity contribution is 6.30. The maximum atomic E-state index is 13.8. The van der Waals surface area contributed by atoms with Crippen LogP contribution in [-0.2, 0) is 29.0 Å². The summed E-state index contributed by atoms with van der Waals surface area (Å²) in [6, 6.07) is 22.3. The Morgan fingerprint density at radius 3 is 2.43 bits per heavy atom. The van der Waals surface area contributed by atoms with Gasteiger partial charge in [-0.3, -0.25) is 9.59 Å². The lowest BCUT2D eigenvalue weighted by Gasteiger charge is -2.32. The largest absolute Gasteiger partial charge is 0.454 e. The van der Waals surface area contributed by atoms with Crippen LogP contribution in [0.1, 0.15) is 37.0 Å². The summed E-state index contributed by atoms with van der Waals surface area (Å²) in [5.74, 6) is 1.44. The van der Waals surface area contributed by atoms with Crippen molar-refractivity contribution in [3.8, 4) is 11.5 Å². The van der Waals surface area contributed by atoms with Gasteiger partial charge < -0.3 is 19.7 Å². The van der Waals surface area contributed by atoms with Crippen molar-refractivity contribution in [2.45, 2.75) is 45.7 Å². The number of halogens is 1. The van der Waals surface area contributed by atoms with Crippen LogP contribution in [0.25, 0.3) is 0 Å². The summed E-state index contributed by atoms with van der Waals surface area (Å²) < 4.78 is 10.9. The zero-order chi connectivity index (χ0) is 26.2. The maximum Gasteiger partial charge on any atom is 0.243 e. The lowest BCUT2D eigenvalue weighted by molar-refractivity contribution is -0.141.